The van der Waals surface area contributed by atoms with Gasteiger partial charge in [-0.15, -0.1) is 0 Å². The summed E-state index contributed by atoms with van der Waals surface area (Å²) in [6, 6.07) is 8.30. The van der Waals surface area contributed by atoms with Gasteiger partial charge in [-0.3, -0.25) is 0 Å². The molecule has 28 heavy (non-hydrogen) atoms. The van der Waals surface area contributed by atoms with Gasteiger partial charge >= 0.3 is 0 Å². The maximum absolute atomic E-state index is 11.0. The zero-order valence-electron chi connectivity index (χ0n) is 15.8. The van der Waals surface area contributed by atoms with Gasteiger partial charge in [0.2, 0.25) is 0 Å². The zero-order chi connectivity index (χ0) is 20.1. The average molecular weight is 453 g/mol. The number of hydrogen-bond acceptors (Lipinski definition) is 7. The van der Waals surface area contributed by atoms with E-state index < -0.39 is 10.1 Å². The van der Waals surface area contributed by atoms with E-state index in [4.69, 9.17) is 0 Å². The van der Waals surface area contributed by atoms with Crippen molar-refractivity contribution < 1.29 is 17.5 Å². The molecule has 0 spiro atoms. The molecule has 3 aromatic rings. The smallest absolute Gasteiger partial charge is 0.280 e. The predicted octanol–water partition coefficient (Wildman–Crippen LogP) is 4.34. The molecule has 0 saturated carbocycles. The molecule has 1 aliphatic rings. The van der Waals surface area contributed by atoms with Crippen LogP contribution in [0.1, 0.15) is 21.9 Å². The second kappa shape index (κ2) is 7.46. The first kappa shape index (κ1) is 19.9. The van der Waals surface area contributed by atoms with Crippen LogP contribution in [0.25, 0.3) is 15.6 Å². The largest absolute Gasteiger partial charge is 0.748 e. The highest BCUT2D eigenvalue weighted by molar-refractivity contribution is 8.03. The summed E-state index contributed by atoms with van der Waals surface area (Å²) in [4.78, 5) is 5.83. The first-order valence-corrected chi connectivity index (χ1v) is 12.9. The molecular formula is C19H20N2O3S4. The van der Waals surface area contributed by atoms with Gasteiger partial charge in [-0.05, 0) is 31.5 Å². The van der Waals surface area contributed by atoms with E-state index in [0.29, 0.717) is 13.0 Å². The van der Waals surface area contributed by atoms with E-state index in [-0.39, 0.29) is 5.75 Å². The molecular weight excluding hydrogens is 432 g/mol. The number of fused-ring (bicyclic) bond motifs is 2. The van der Waals surface area contributed by atoms with E-state index in [1.165, 1.54) is 25.7 Å². The number of nitrogens with zero attached hydrogens (tertiary/aromatic N) is 2. The van der Waals surface area contributed by atoms with E-state index in [0.717, 1.165) is 14.9 Å². The molecule has 0 amide bonds. The summed E-state index contributed by atoms with van der Waals surface area (Å²) in [6.07, 6.45) is 2.49. The van der Waals surface area contributed by atoms with Crippen LogP contribution in [0.5, 0.6) is 0 Å². The van der Waals surface area contributed by atoms with Gasteiger partial charge in [-0.25, -0.2) is 8.42 Å². The zero-order valence-corrected chi connectivity index (χ0v) is 19.0. The lowest BCUT2D eigenvalue weighted by atomic mass is 10.3. The molecule has 0 unspecified atom stereocenters. The molecule has 9 heteroatoms. The van der Waals surface area contributed by atoms with E-state index in [1.807, 2.05) is 12.1 Å². The first-order chi connectivity index (χ1) is 13.2. The van der Waals surface area contributed by atoms with Crippen LogP contribution in [0.2, 0.25) is 0 Å². The quantitative estimate of drug-likeness (QED) is 0.426. The highest BCUT2D eigenvalue weighted by atomic mass is 32.2. The van der Waals surface area contributed by atoms with Crippen LogP contribution >= 0.6 is 34.4 Å². The summed E-state index contributed by atoms with van der Waals surface area (Å²) in [6.45, 7) is 4.75. The molecule has 0 radical (unpaired) electrons. The van der Waals surface area contributed by atoms with Crippen molar-refractivity contribution in [1.29, 1.82) is 0 Å². The number of rotatable bonds is 5. The van der Waals surface area contributed by atoms with Gasteiger partial charge in [0.1, 0.15) is 4.70 Å². The van der Waals surface area contributed by atoms with Gasteiger partial charge < -0.3 is 9.45 Å². The topological polar surface area (TPSA) is 64.3 Å². The van der Waals surface area contributed by atoms with Crippen LogP contribution in [0, 0.1) is 13.8 Å². The van der Waals surface area contributed by atoms with Crippen molar-refractivity contribution in [2.24, 2.45) is 0 Å². The Kier molecular flexibility index (Phi) is 5.30. The van der Waals surface area contributed by atoms with Crippen molar-refractivity contribution in [3.05, 3.63) is 44.7 Å². The van der Waals surface area contributed by atoms with Crippen molar-refractivity contribution in [2.75, 3.05) is 17.7 Å². The summed E-state index contributed by atoms with van der Waals surface area (Å²) in [5.41, 5.74) is 2.46. The summed E-state index contributed by atoms with van der Waals surface area (Å²) in [7, 11) is -2.14. The van der Waals surface area contributed by atoms with Gasteiger partial charge in [0, 0.05) is 29.0 Å². The van der Waals surface area contributed by atoms with Crippen LogP contribution < -0.4 is 9.47 Å². The lowest BCUT2D eigenvalue weighted by Gasteiger charge is -2.12. The number of hydrogen-bond donors (Lipinski definition) is 0. The third-order valence-electron chi connectivity index (χ3n) is 4.83. The predicted molar refractivity (Wildman–Crippen MR) is 117 cm³/mol. The summed E-state index contributed by atoms with van der Waals surface area (Å²) < 4.78 is 36.5. The third-order valence-corrected chi connectivity index (χ3v) is 9.39. The highest BCUT2D eigenvalue weighted by Crippen LogP contribution is 2.46. The lowest BCUT2D eigenvalue weighted by molar-refractivity contribution is -0.666. The molecule has 1 aromatic carbocycles. The van der Waals surface area contributed by atoms with E-state index >= 15 is 0 Å². The van der Waals surface area contributed by atoms with Crippen LogP contribution in [0.15, 0.2) is 34.2 Å². The molecule has 5 nitrogen and oxygen atoms in total. The number of thiazole rings is 1. The number of benzene rings is 1. The molecule has 1 aliphatic heterocycles. The van der Waals surface area contributed by atoms with Gasteiger partial charge in [0.25, 0.3) is 9.84 Å². The lowest BCUT2D eigenvalue weighted by Crippen LogP contribution is -2.35. The maximum Gasteiger partial charge on any atom is 0.280 e. The third kappa shape index (κ3) is 3.73. The second-order valence-corrected chi connectivity index (χ2v) is 11.6. The van der Waals surface area contributed by atoms with Gasteiger partial charge in [-0.1, -0.05) is 46.6 Å². The molecule has 0 aliphatic carbocycles. The van der Waals surface area contributed by atoms with E-state index in [9.17, 15) is 13.0 Å². The van der Waals surface area contributed by atoms with Crippen molar-refractivity contribution in [2.45, 2.75) is 31.7 Å². The number of thioether (sulfide) groups is 1. The molecule has 0 N–H and O–H groups in total. The van der Waals surface area contributed by atoms with Crippen molar-refractivity contribution in [3.63, 3.8) is 0 Å². The Bertz CT molecular complexity index is 1190. The van der Waals surface area contributed by atoms with Crippen LogP contribution in [-0.4, -0.2) is 25.8 Å². The Hall–Kier alpha value is -1.39. The molecule has 3 heterocycles. The highest BCUT2D eigenvalue weighted by Gasteiger charge is 2.27. The Balaban J connectivity index is 1.73. The number of thiophene rings is 1. The fourth-order valence-electron chi connectivity index (χ4n) is 3.22. The Labute approximate surface area is 177 Å². The van der Waals surface area contributed by atoms with Gasteiger partial charge in [-0.2, -0.15) is 4.57 Å². The fourth-order valence-corrected chi connectivity index (χ4v) is 7.50. The average Bonchev–Trinajstić information content (AvgIpc) is 3.22. The molecule has 0 saturated heterocycles. The Morgan fingerprint density at radius 2 is 1.96 bits per heavy atom. The summed E-state index contributed by atoms with van der Waals surface area (Å²) in [5.74, 6) is -0.337. The monoisotopic (exact) mass is 452 g/mol. The minimum Gasteiger partial charge on any atom is -0.748 e. The van der Waals surface area contributed by atoms with Crippen molar-refractivity contribution >= 4 is 65.8 Å². The normalized spacial score (nSPS) is 15.7. The molecule has 0 fully saturated rings. The van der Waals surface area contributed by atoms with Gasteiger partial charge in [0.05, 0.1) is 26.9 Å². The van der Waals surface area contributed by atoms with Gasteiger partial charge in [0.15, 0.2) is 6.54 Å². The summed E-state index contributed by atoms with van der Waals surface area (Å²) >= 11 is 5.19. The Morgan fingerprint density at radius 1 is 1.21 bits per heavy atom. The molecule has 0 bridgehead atoms. The molecule has 4 rings (SSSR count). The van der Waals surface area contributed by atoms with E-state index in [2.05, 4.69) is 48.6 Å². The standard InChI is InChI=1S/C19H20N2O3S4/c1-12-13(2)25-19-18(12)27-17(21(19)9-6-10-28(22,23)24)11-16-20(3)14-7-4-5-8-15(14)26-16/h4-5,7-8,11H,6,9-10H2,1-3H3. The minimum absolute atomic E-state index is 0.317. The summed E-state index contributed by atoms with van der Waals surface area (Å²) in [5, 5.41) is 2.21. The number of aromatic nitrogens is 1. The van der Waals surface area contributed by atoms with Crippen LogP contribution in [-0.2, 0) is 16.7 Å². The van der Waals surface area contributed by atoms with Crippen molar-refractivity contribution in [3.8, 4) is 0 Å². The van der Waals surface area contributed by atoms with Crippen LogP contribution in [0.4, 0.5) is 5.69 Å². The van der Waals surface area contributed by atoms with E-state index in [1.54, 1.807) is 34.4 Å². The first-order valence-electron chi connectivity index (χ1n) is 8.83. The number of para-hydroxylation sites is 1. The second-order valence-electron chi connectivity index (χ2n) is 6.74. The molecule has 148 valence electrons. The minimum atomic E-state index is -4.20. The van der Waals surface area contributed by atoms with Crippen molar-refractivity contribution in [1.82, 2.24) is 0 Å². The number of aryl methyl sites for hydroxylation is 3. The van der Waals surface area contributed by atoms with Crippen LogP contribution in [0.3, 0.4) is 0 Å². The SMILES string of the molecule is Cc1sc2c(sc(C=C3Sc4ccccc4N3C)[n+]2CCCS(=O)(=O)[O-])c1C. The maximum atomic E-state index is 11.0. The molecule has 2 aromatic heterocycles. The number of anilines is 1. The molecule has 0 atom stereocenters. The fraction of sp³-hybridized carbons (Fsp3) is 0.316. The Morgan fingerprint density at radius 3 is 2.68 bits per heavy atom.